The van der Waals surface area contributed by atoms with Gasteiger partial charge in [0.1, 0.15) is 0 Å². The number of rotatable bonds is 6. The summed E-state index contributed by atoms with van der Waals surface area (Å²) in [6, 6.07) is 6.94. The van der Waals surface area contributed by atoms with Crippen LogP contribution in [-0.2, 0) is 14.3 Å². The standard InChI is InChI=1S/C25H32N2O4/c1-16(25-12-17-9-18(13-25)11-19(10-17)14-25)26-22(28)15-31-24(30)20-4-6-21(7-5-20)27-8-2-3-23(27)29/h4-7,16-19H,2-3,8-15H2,1H3,(H,26,28). The molecule has 0 aromatic heterocycles. The van der Waals surface area contributed by atoms with Crippen LogP contribution in [0, 0.1) is 23.2 Å². The molecule has 2 amide bonds. The molecule has 1 saturated heterocycles. The Bertz CT molecular complexity index is 843. The SMILES string of the molecule is CC(NC(=O)COC(=O)c1ccc(N2CCCC2=O)cc1)C12CC3CC(CC(C3)C1)C2. The first-order chi connectivity index (χ1) is 14.9. The molecule has 1 aromatic rings. The Kier molecular flexibility index (Phi) is 5.27. The molecule has 4 bridgehead atoms. The van der Waals surface area contributed by atoms with E-state index in [0.29, 0.717) is 18.5 Å². The van der Waals surface area contributed by atoms with Crippen LogP contribution in [0.25, 0.3) is 0 Å². The Balaban J connectivity index is 1.13. The summed E-state index contributed by atoms with van der Waals surface area (Å²) in [5.41, 5.74) is 1.41. The first-order valence-electron chi connectivity index (χ1n) is 11.8. The van der Waals surface area contributed by atoms with E-state index in [4.69, 9.17) is 4.74 Å². The van der Waals surface area contributed by atoms with Gasteiger partial charge < -0.3 is 15.0 Å². The average molecular weight is 425 g/mol. The molecule has 1 aromatic carbocycles. The van der Waals surface area contributed by atoms with Crippen molar-refractivity contribution in [3.05, 3.63) is 29.8 Å². The fourth-order valence-electron chi connectivity index (χ4n) is 7.06. The lowest BCUT2D eigenvalue weighted by molar-refractivity contribution is -0.128. The summed E-state index contributed by atoms with van der Waals surface area (Å²) in [4.78, 5) is 38.5. The second kappa shape index (κ2) is 7.95. The summed E-state index contributed by atoms with van der Waals surface area (Å²) in [6.45, 7) is 2.58. The van der Waals surface area contributed by atoms with Gasteiger partial charge in [-0.1, -0.05) is 0 Å². The molecular weight excluding hydrogens is 392 g/mol. The van der Waals surface area contributed by atoms with E-state index in [1.165, 1.54) is 38.5 Å². The maximum absolute atomic E-state index is 12.5. The molecule has 0 radical (unpaired) electrons. The minimum atomic E-state index is -0.517. The summed E-state index contributed by atoms with van der Waals surface area (Å²) in [5.74, 6) is 1.87. The molecule has 1 aliphatic heterocycles. The van der Waals surface area contributed by atoms with Gasteiger partial charge in [-0.15, -0.1) is 0 Å². The molecule has 6 heteroatoms. The van der Waals surface area contributed by atoms with Crippen LogP contribution in [0.15, 0.2) is 24.3 Å². The Morgan fingerprint density at radius 1 is 1.10 bits per heavy atom. The second-order valence-electron chi connectivity index (χ2n) is 10.3. The smallest absolute Gasteiger partial charge is 0.338 e. The minimum Gasteiger partial charge on any atom is -0.452 e. The molecule has 5 aliphatic rings. The van der Waals surface area contributed by atoms with Gasteiger partial charge in [0.05, 0.1) is 5.56 Å². The molecule has 1 heterocycles. The molecule has 1 atom stereocenters. The summed E-state index contributed by atoms with van der Waals surface area (Å²) in [5, 5.41) is 3.13. The highest BCUT2D eigenvalue weighted by Gasteiger charge is 2.53. The topological polar surface area (TPSA) is 75.7 Å². The number of nitrogens with one attached hydrogen (secondary N) is 1. The average Bonchev–Trinajstić information content (AvgIpc) is 3.17. The fourth-order valence-corrected chi connectivity index (χ4v) is 7.06. The third-order valence-corrected chi connectivity index (χ3v) is 8.20. The summed E-state index contributed by atoms with van der Waals surface area (Å²) >= 11 is 0. The van der Waals surface area contributed by atoms with Gasteiger partial charge >= 0.3 is 5.97 Å². The normalized spacial score (nSPS) is 32.2. The van der Waals surface area contributed by atoms with Crippen molar-refractivity contribution in [2.45, 2.75) is 64.3 Å². The zero-order valence-corrected chi connectivity index (χ0v) is 18.3. The number of benzene rings is 1. The van der Waals surface area contributed by atoms with E-state index in [1.54, 1.807) is 29.2 Å². The second-order valence-corrected chi connectivity index (χ2v) is 10.3. The highest BCUT2D eigenvalue weighted by Crippen LogP contribution is 2.61. The largest absolute Gasteiger partial charge is 0.452 e. The van der Waals surface area contributed by atoms with Crippen molar-refractivity contribution in [2.24, 2.45) is 23.2 Å². The lowest BCUT2D eigenvalue weighted by Crippen LogP contribution is -2.56. The van der Waals surface area contributed by atoms with Gasteiger partial charge in [-0.3, -0.25) is 9.59 Å². The van der Waals surface area contributed by atoms with Crippen molar-refractivity contribution < 1.29 is 19.1 Å². The minimum absolute atomic E-state index is 0.111. The maximum atomic E-state index is 12.5. The van der Waals surface area contributed by atoms with E-state index >= 15 is 0 Å². The lowest BCUT2D eigenvalue weighted by Gasteiger charge is -2.59. The monoisotopic (exact) mass is 424 g/mol. The van der Waals surface area contributed by atoms with Crippen molar-refractivity contribution in [1.29, 1.82) is 0 Å². The number of ether oxygens (including phenoxy) is 1. The number of nitrogens with zero attached hydrogens (tertiary/aromatic N) is 1. The van der Waals surface area contributed by atoms with E-state index in [0.717, 1.165) is 29.9 Å². The Hall–Kier alpha value is -2.37. The number of hydrogen-bond acceptors (Lipinski definition) is 4. The molecule has 166 valence electrons. The van der Waals surface area contributed by atoms with Gasteiger partial charge in [0.15, 0.2) is 6.61 Å². The molecule has 0 spiro atoms. The van der Waals surface area contributed by atoms with E-state index < -0.39 is 5.97 Å². The van der Waals surface area contributed by atoms with Crippen LogP contribution in [0.3, 0.4) is 0 Å². The van der Waals surface area contributed by atoms with Crippen LogP contribution in [0.4, 0.5) is 5.69 Å². The molecule has 6 nitrogen and oxygen atoms in total. The zero-order chi connectivity index (χ0) is 21.6. The molecule has 4 saturated carbocycles. The van der Waals surface area contributed by atoms with Gasteiger partial charge in [0, 0.05) is 24.7 Å². The quantitative estimate of drug-likeness (QED) is 0.707. The Morgan fingerprint density at radius 3 is 2.26 bits per heavy atom. The highest BCUT2D eigenvalue weighted by atomic mass is 16.5. The number of hydrogen-bond donors (Lipinski definition) is 1. The van der Waals surface area contributed by atoms with Crippen LogP contribution in [0.2, 0.25) is 0 Å². The number of esters is 1. The van der Waals surface area contributed by atoms with Gasteiger partial charge in [-0.25, -0.2) is 4.79 Å². The van der Waals surface area contributed by atoms with Gasteiger partial charge in [0.25, 0.3) is 5.91 Å². The third-order valence-electron chi connectivity index (χ3n) is 8.20. The van der Waals surface area contributed by atoms with Crippen molar-refractivity contribution in [3.63, 3.8) is 0 Å². The highest BCUT2D eigenvalue weighted by molar-refractivity contribution is 5.96. The van der Waals surface area contributed by atoms with Gasteiger partial charge in [0.2, 0.25) is 5.91 Å². The number of carbonyl (C=O) groups is 3. The summed E-state index contributed by atoms with van der Waals surface area (Å²) < 4.78 is 5.26. The number of anilines is 1. The van der Waals surface area contributed by atoms with E-state index in [1.807, 2.05) is 0 Å². The predicted octanol–water partition coefficient (Wildman–Crippen LogP) is 3.69. The molecular formula is C25H32N2O4. The first kappa shape index (κ1) is 20.5. The lowest BCUT2D eigenvalue weighted by atomic mass is 9.48. The first-order valence-corrected chi connectivity index (χ1v) is 11.8. The van der Waals surface area contributed by atoms with Crippen molar-refractivity contribution in [1.82, 2.24) is 5.32 Å². The van der Waals surface area contributed by atoms with Crippen LogP contribution in [0.1, 0.15) is 68.6 Å². The Morgan fingerprint density at radius 2 is 1.71 bits per heavy atom. The van der Waals surface area contributed by atoms with E-state index in [2.05, 4.69) is 12.2 Å². The van der Waals surface area contributed by atoms with Crippen LogP contribution in [-0.4, -0.2) is 37.0 Å². The summed E-state index contributed by atoms with van der Waals surface area (Å²) in [7, 11) is 0. The zero-order valence-electron chi connectivity index (χ0n) is 18.3. The van der Waals surface area contributed by atoms with E-state index in [-0.39, 0.29) is 29.9 Å². The van der Waals surface area contributed by atoms with E-state index in [9.17, 15) is 14.4 Å². The van der Waals surface area contributed by atoms with Crippen LogP contribution in [0.5, 0.6) is 0 Å². The summed E-state index contributed by atoms with van der Waals surface area (Å²) in [6.07, 6.45) is 9.25. The maximum Gasteiger partial charge on any atom is 0.338 e. The molecule has 1 unspecified atom stereocenters. The van der Waals surface area contributed by atoms with Crippen molar-refractivity contribution in [2.75, 3.05) is 18.1 Å². The molecule has 5 fully saturated rings. The van der Waals surface area contributed by atoms with Gasteiger partial charge in [-0.2, -0.15) is 0 Å². The molecule has 6 rings (SSSR count). The molecule has 1 N–H and O–H groups in total. The van der Waals surface area contributed by atoms with Gasteiger partial charge in [-0.05, 0) is 99.3 Å². The predicted molar refractivity (Wildman–Crippen MR) is 117 cm³/mol. The van der Waals surface area contributed by atoms with Crippen LogP contribution < -0.4 is 10.2 Å². The van der Waals surface area contributed by atoms with Crippen molar-refractivity contribution >= 4 is 23.5 Å². The number of carbonyl (C=O) groups excluding carboxylic acids is 3. The van der Waals surface area contributed by atoms with Crippen LogP contribution >= 0.6 is 0 Å². The van der Waals surface area contributed by atoms with Crippen molar-refractivity contribution in [3.8, 4) is 0 Å². The third kappa shape index (κ3) is 3.97. The fraction of sp³-hybridized carbons (Fsp3) is 0.640. The molecule has 4 aliphatic carbocycles. The Labute approximate surface area is 183 Å². The molecule has 31 heavy (non-hydrogen) atoms. The number of amides is 2.